The third kappa shape index (κ3) is 12.3. The molecule has 0 saturated carbocycles. The molecule has 11 rings (SSSR count). The summed E-state index contributed by atoms with van der Waals surface area (Å²) in [4.78, 5) is 74.1. The van der Waals surface area contributed by atoms with E-state index in [2.05, 4.69) is 120 Å². The Balaban J connectivity index is 0.796. The van der Waals surface area contributed by atoms with Gasteiger partial charge in [0.1, 0.15) is 36.9 Å². The van der Waals surface area contributed by atoms with Gasteiger partial charge in [-0.3, -0.25) is 9.59 Å². The molecule has 4 N–H and O–H groups in total. The number of aromatic amines is 2. The smallest absolute Gasteiger partial charge is 0.408 e. The quantitative estimate of drug-likeness (QED) is 0.0692. The number of aryl methyl sites for hydroxylation is 2. The number of fused-ring (bicyclic) bond motifs is 8. The summed E-state index contributed by atoms with van der Waals surface area (Å²) < 4.78 is 10.4. The van der Waals surface area contributed by atoms with Crippen molar-refractivity contribution in [1.29, 1.82) is 0 Å². The van der Waals surface area contributed by atoms with E-state index in [1.54, 1.807) is 9.80 Å². The van der Waals surface area contributed by atoms with Crippen molar-refractivity contribution in [1.82, 2.24) is 40.4 Å². The number of rotatable bonds is 16. The third-order valence-corrected chi connectivity index (χ3v) is 15.2. The Morgan fingerprint density at radius 2 is 1.09 bits per heavy atom. The van der Waals surface area contributed by atoms with Gasteiger partial charge in [-0.1, -0.05) is 178 Å². The van der Waals surface area contributed by atoms with Crippen LogP contribution in [-0.4, -0.2) is 80.0 Å². The largest absolute Gasteiger partial charge is 0.445 e. The van der Waals surface area contributed by atoms with Gasteiger partial charge in [0.05, 0.1) is 23.5 Å². The molecule has 2 saturated heterocycles. The van der Waals surface area contributed by atoms with Gasteiger partial charge in [0.15, 0.2) is 0 Å². The van der Waals surface area contributed by atoms with Crippen molar-refractivity contribution in [3.8, 4) is 33.6 Å². The average molecular weight is 1070 g/mol. The number of alkyl carbamates (subject to hydrolysis) is 2. The molecule has 4 amide bonds. The van der Waals surface area contributed by atoms with E-state index < -0.39 is 24.3 Å². The second kappa shape index (κ2) is 25.0. The van der Waals surface area contributed by atoms with E-state index in [1.807, 2.05) is 73.1 Å². The fourth-order valence-corrected chi connectivity index (χ4v) is 11.0. The molecule has 2 aromatic heterocycles. The number of carbonyl (C=O) groups excluding carboxylic acids is 4. The number of H-pyrrole nitrogens is 2. The number of aromatic nitrogens is 4. The molecule has 2 fully saturated rings. The normalized spacial score (nSPS) is 17.8. The molecule has 5 aromatic carbocycles. The van der Waals surface area contributed by atoms with Crippen LogP contribution < -0.4 is 10.6 Å². The predicted octanol–water partition coefficient (Wildman–Crippen LogP) is 12.8. The average Bonchev–Trinajstić information content (AvgIpc) is 4.38. The van der Waals surface area contributed by atoms with E-state index in [9.17, 15) is 19.2 Å². The van der Waals surface area contributed by atoms with E-state index in [-0.39, 0.29) is 37.1 Å². The number of hydrogen-bond donors (Lipinski definition) is 4. The number of nitrogens with zero attached hydrogens (tertiary/aromatic N) is 4. The molecule has 0 unspecified atom stereocenters. The van der Waals surface area contributed by atoms with Gasteiger partial charge < -0.3 is 39.9 Å². The van der Waals surface area contributed by atoms with Crippen LogP contribution in [0.2, 0.25) is 0 Å². The van der Waals surface area contributed by atoms with Crippen LogP contribution in [-0.2, 0) is 31.9 Å². The summed E-state index contributed by atoms with van der Waals surface area (Å²) >= 11 is 0. The van der Waals surface area contributed by atoms with Crippen LogP contribution in [0.3, 0.4) is 0 Å². The topological polar surface area (TPSA) is 175 Å². The highest BCUT2D eigenvalue weighted by Gasteiger charge is 2.39. The lowest BCUT2D eigenvalue weighted by molar-refractivity contribution is -0.135. The molecule has 7 aromatic rings. The van der Waals surface area contributed by atoms with Gasteiger partial charge in [-0.15, -0.1) is 0 Å². The fraction of sp³-hybridized carbons (Fsp3) is 0.242. The molecule has 4 aliphatic rings. The fourth-order valence-electron chi connectivity index (χ4n) is 11.0. The van der Waals surface area contributed by atoms with Crippen molar-refractivity contribution in [2.45, 2.75) is 75.5 Å². The zero-order valence-corrected chi connectivity index (χ0v) is 44.9. The van der Waals surface area contributed by atoms with Crippen LogP contribution in [0.25, 0.3) is 39.2 Å². The number of allylic oxidation sites excluding steroid dienone is 4. The zero-order chi connectivity index (χ0) is 55.5. The summed E-state index contributed by atoms with van der Waals surface area (Å²) in [5.41, 5.74) is 13.7. The molecule has 0 radical (unpaired) electrons. The zero-order valence-electron chi connectivity index (χ0n) is 44.9. The van der Waals surface area contributed by atoms with Gasteiger partial charge in [-0.05, 0) is 101 Å². The second-order valence-electron chi connectivity index (χ2n) is 20.4. The Morgan fingerprint density at radius 3 is 1.59 bits per heavy atom. The van der Waals surface area contributed by atoms with Crippen LogP contribution in [0.4, 0.5) is 9.59 Å². The first-order valence-corrected chi connectivity index (χ1v) is 27.4. The van der Waals surface area contributed by atoms with Gasteiger partial charge in [0, 0.05) is 36.6 Å². The Hall–Kier alpha value is -9.30. The number of nitrogens with one attached hydrogen (secondary N) is 4. The molecule has 4 atom stereocenters. The van der Waals surface area contributed by atoms with E-state index in [4.69, 9.17) is 19.4 Å². The maximum atomic E-state index is 14.2. The SMILES string of the molecule is C=CCOC(=O)N[C@H](C(=O)N1CCC[C@H]1c1nc(-c2ccc(/C3=C/C(=C)CCc4ccc(cc4-c4ccc(-c5c[nH]c([C@@H]6CCCN6C(=O)[C@@H](NC(=O)OCC=C)c6ccccc6)n5)cc4)CCC3=C)cc2)c[nH]1)c1ccccc1. The minimum atomic E-state index is -0.924. The first kappa shape index (κ1) is 54.1. The van der Waals surface area contributed by atoms with Gasteiger partial charge >= 0.3 is 12.2 Å². The van der Waals surface area contributed by atoms with Gasteiger partial charge in [0.2, 0.25) is 0 Å². The minimum absolute atomic E-state index is 0.0331. The summed E-state index contributed by atoms with van der Waals surface area (Å²) in [5, 5.41) is 5.55. The maximum absolute atomic E-state index is 14.2. The second-order valence-corrected chi connectivity index (χ2v) is 20.4. The van der Waals surface area contributed by atoms with Crippen molar-refractivity contribution < 1.29 is 28.7 Å². The van der Waals surface area contributed by atoms with Crippen LogP contribution in [0.5, 0.6) is 0 Å². The lowest BCUT2D eigenvalue weighted by Crippen LogP contribution is -2.43. The van der Waals surface area contributed by atoms with Gasteiger partial charge in [-0.2, -0.15) is 0 Å². The summed E-state index contributed by atoms with van der Waals surface area (Å²) in [7, 11) is 0. The summed E-state index contributed by atoms with van der Waals surface area (Å²) in [6.07, 6.45) is 13.8. The molecule has 80 heavy (non-hydrogen) atoms. The van der Waals surface area contributed by atoms with Gasteiger partial charge in [-0.25, -0.2) is 19.6 Å². The van der Waals surface area contributed by atoms with Crippen LogP contribution in [0, 0.1) is 0 Å². The Bertz CT molecular complexity index is 3440. The van der Waals surface area contributed by atoms with Crippen molar-refractivity contribution in [2.75, 3.05) is 26.3 Å². The van der Waals surface area contributed by atoms with Crippen molar-refractivity contribution >= 4 is 29.6 Å². The first-order valence-electron chi connectivity index (χ1n) is 27.4. The van der Waals surface area contributed by atoms with Crippen molar-refractivity contribution in [3.63, 3.8) is 0 Å². The Labute approximate surface area is 467 Å². The third-order valence-electron chi connectivity index (χ3n) is 15.2. The summed E-state index contributed by atoms with van der Waals surface area (Å²) in [6, 6.07) is 39.7. The van der Waals surface area contributed by atoms with E-state index >= 15 is 0 Å². The lowest BCUT2D eigenvalue weighted by Gasteiger charge is -2.28. The van der Waals surface area contributed by atoms with Crippen LogP contribution in [0.15, 0.2) is 195 Å². The monoisotopic (exact) mass is 1070 g/mol. The van der Waals surface area contributed by atoms with Crippen molar-refractivity contribution in [2.24, 2.45) is 0 Å². The highest BCUT2D eigenvalue weighted by Crippen LogP contribution is 2.38. The molecule has 2 aliphatic heterocycles. The molecule has 0 spiro atoms. The van der Waals surface area contributed by atoms with E-state index in [1.165, 1.54) is 28.8 Å². The van der Waals surface area contributed by atoms with E-state index in [0.717, 1.165) is 102 Å². The molecule has 2 bridgehead atoms. The number of hydrogen-bond acceptors (Lipinski definition) is 8. The lowest BCUT2D eigenvalue weighted by atomic mass is 9.87. The molecule has 14 heteroatoms. The maximum Gasteiger partial charge on any atom is 0.408 e. The molecule has 14 nitrogen and oxygen atoms in total. The van der Waals surface area contributed by atoms with E-state index in [0.29, 0.717) is 35.9 Å². The Morgan fingerprint density at radius 1 is 0.600 bits per heavy atom. The summed E-state index contributed by atoms with van der Waals surface area (Å²) in [6.45, 7) is 17.5. The Kier molecular flexibility index (Phi) is 16.9. The number of amides is 4. The number of likely N-dealkylation sites (tertiary alicyclic amines) is 2. The molecular weight excluding hydrogens is 1000 g/mol. The van der Waals surface area contributed by atoms with Gasteiger partial charge in [0.25, 0.3) is 11.8 Å². The highest BCUT2D eigenvalue weighted by molar-refractivity contribution is 5.89. The summed E-state index contributed by atoms with van der Waals surface area (Å²) in [5.74, 6) is 0.941. The number of ether oxygens (including phenoxy) is 2. The number of carbonyl (C=O) groups is 4. The minimum Gasteiger partial charge on any atom is -0.445 e. The standard InChI is InChI=1S/C66H66N8O6/c1-5-37-79-65(77)71-59(51-15-9-7-10-16-51)63(75)73-35-13-19-57(73)61-67-41-55(69-61)49-31-27-46(28-32-49)53-39-43(3)21-25-47-26-24-45(23-22-44(53)4)40-54(47)48-29-33-50(34-30-48)56-42-68-62(70-56)58-20-14-36-74(58)64(76)60(52-17-11-8-12-18-52)72-66(78)80-38-6-2/h5-12,15-18,24,26-34,39-42,57-60H,1-4,13-14,19-23,25,35-38H2,(H,67,69)(H,68,70)(H,71,77)(H,72,78)/b53-39+/t57-,58-,59-,60-/m0/s1. The van der Waals surface area contributed by atoms with Crippen molar-refractivity contribution in [3.05, 3.63) is 235 Å². The molecule has 4 heterocycles. The first-order chi connectivity index (χ1) is 39.0. The molecule has 406 valence electrons. The van der Waals surface area contributed by atoms with Crippen LogP contribution in [0.1, 0.15) is 102 Å². The number of imidazole rings is 2. The number of benzene rings is 5. The predicted molar refractivity (Wildman–Crippen MR) is 311 cm³/mol. The molecular formula is C66H66N8O6. The van der Waals surface area contributed by atoms with Crippen LogP contribution >= 0.6 is 0 Å². The molecule has 2 aliphatic carbocycles. The highest BCUT2D eigenvalue weighted by atomic mass is 16.6.